The Balaban J connectivity index is 1.56. The van der Waals surface area contributed by atoms with Gasteiger partial charge in [-0.25, -0.2) is 18.6 Å². The third-order valence-corrected chi connectivity index (χ3v) is 4.73. The monoisotopic (exact) mass is 425 g/mol. The van der Waals surface area contributed by atoms with E-state index < -0.39 is 23.0 Å². The molecular formula is C22H17F2N3O4. The number of ether oxygens (including phenoxy) is 1. The Labute approximate surface area is 174 Å². The van der Waals surface area contributed by atoms with E-state index in [0.29, 0.717) is 17.6 Å². The molecule has 0 aliphatic heterocycles. The van der Waals surface area contributed by atoms with Crippen molar-refractivity contribution in [1.82, 2.24) is 14.7 Å². The normalized spacial score (nSPS) is 11.1. The van der Waals surface area contributed by atoms with Crippen molar-refractivity contribution in [2.75, 3.05) is 0 Å². The Bertz CT molecular complexity index is 1360. The van der Waals surface area contributed by atoms with Gasteiger partial charge in [-0.2, -0.15) is 0 Å². The molecule has 0 saturated heterocycles. The number of fused-ring (bicyclic) bond motifs is 1. The van der Waals surface area contributed by atoms with Crippen LogP contribution in [0.2, 0.25) is 0 Å². The molecule has 0 spiro atoms. The summed E-state index contributed by atoms with van der Waals surface area (Å²) in [5.41, 5.74) is 0.866. The van der Waals surface area contributed by atoms with Crippen LogP contribution in [0, 0.1) is 18.6 Å². The Morgan fingerprint density at radius 2 is 2.00 bits per heavy atom. The number of carbonyl (C=O) groups is 1. The molecule has 31 heavy (non-hydrogen) atoms. The summed E-state index contributed by atoms with van der Waals surface area (Å²) in [6.45, 7) is 3.90. The zero-order valence-corrected chi connectivity index (χ0v) is 16.7. The fraction of sp³-hybridized carbons (Fsp3) is 0.182. The van der Waals surface area contributed by atoms with Crippen molar-refractivity contribution in [3.05, 3.63) is 81.4 Å². The van der Waals surface area contributed by atoms with Crippen LogP contribution in [0.1, 0.15) is 28.7 Å². The van der Waals surface area contributed by atoms with Gasteiger partial charge in [-0.05, 0) is 38.1 Å². The van der Waals surface area contributed by atoms with Gasteiger partial charge in [0.05, 0.1) is 10.9 Å². The van der Waals surface area contributed by atoms with Crippen molar-refractivity contribution < 1.29 is 22.8 Å². The first-order chi connectivity index (χ1) is 14.9. The third-order valence-electron chi connectivity index (χ3n) is 4.73. The number of hydrogen-bond donors (Lipinski definition) is 0. The lowest BCUT2D eigenvalue weighted by Gasteiger charge is -2.10. The zero-order valence-electron chi connectivity index (χ0n) is 16.7. The van der Waals surface area contributed by atoms with Crippen molar-refractivity contribution in [2.24, 2.45) is 0 Å². The van der Waals surface area contributed by atoms with E-state index in [9.17, 15) is 18.4 Å². The lowest BCUT2D eigenvalue weighted by atomic mass is 10.1. The highest BCUT2D eigenvalue weighted by molar-refractivity contribution is 5.93. The van der Waals surface area contributed by atoms with Crippen LogP contribution < -0.4 is 5.43 Å². The van der Waals surface area contributed by atoms with E-state index in [1.165, 1.54) is 18.3 Å². The smallest absolute Gasteiger partial charge is 0.344 e. The molecule has 4 rings (SSSR count). The van der Waals surface area contributed by atoms with Crippen molar-refractivity contribution in [3.63, 3.8) is 0 Å². The van der Waals surface area contributed by atoms with Crippen LogP contribution in [0.5, 0.6) is 0 Å². The van der Waals surface area contributed by atoms with Gasteiger partial charge in [0.1, 0.15) is 35.1 Å². The molecule has 0 unspecified atom stereocenters. The number of aryl methyl sites for hydroxylation is 2. The maximum atomic E-state index is 13.9. The number of hydrogen-bond acceptors (Lipinski definition) is 6. The van der Waals surface area contributed by atoms with E-state index >= 15 is 0 Å². The molecule has 1 aromatic carbocycles. The first-order valence-corrected chi connectivity index (χ1v) is 9.46. The van der Waals surface area contributed by atoms with E-state index in [1.54, 1.807) is 16.7 Å². The van der Waals surface area contributed by atoms with Crippen LogP contribution in [0.4, 0.5) is 8.78 Å². The molecule has 0 N–H and O–H groups in total. The van der Waals surface area contributed by atoms with Gasteiger partial charge in [0.15, 0.2) is 5.76 Å². The average molecular weight is 425 g/mol. The Morgan fingerprint density at radius 1 is 1.19 bits per heavy atom. The molecule has 4 aromatic rings. The summed E-state index contributed by atoms with van der Waals surface area (Å²) >= 11 is 0. The summed E-state index contributed by atoms with van der Waals surface area (Å²) in [4.78, 5) is 29.7. The molecular weight excluding hydrogens is 408 g/mol. The van der Waals surface area contributed by atoms with Gasteiger partial charge in [0.2, 0.25) is 5.43 Å². The van der Waals surface area contributed by atoms with Gasteiger partial charge in [0, 0.05) is 30.6 Å². The molecule has 3 aromatic heterocycles. The number of pyridine rings is 2. The fourth-order valence-electron chi connectivity index (χ4n) is 3.16. The predicted molar refractivity (Wildman–Crippen MR) is 107 cm³/mol. The van der Waals surface area contributed by atoms with Crippen LogP contribution in [0.15, 0.2) is 51.9 Å². The molecule has 0 radical (unpaired) electrons. The standard InChI is InChI=1S/C22H17F2N3O4/c1-3-27-10-17(20(28)16-6-4-12(2)25-21(16)27)22(29)30-11-14-9-19(31-26-14)15-7-5-13(23)8-18(15)24/h4-10H,3,11H2,1-2H3. The number of carbonyl (C=O) groups excluding carboxylic acids is 1. The van der Waals surface area contributed by atoms with Gasteiger partial charge in [0.25, 0.3) is 0 Å². The first kappa shape index (κ1) is 20.4. The Hall–Kier alpha value is -3.88. The molecule has 7 nitrogen and oxygen atoms in total. The van der Waals surface area contributed by atoms with Gasteiger partial charge in [-0.15, -0.1) is 0 Å². The highest BCUT2D eigenvalue weighted by Gasteiger charge is 2.19. The molecule has 0 atom stereocenters. The second-order valence-corrected chi connectivity index (χ2v) is 6.86. The molecule has 3 heterocycles. The van der Waals surface area contributed by atoms with E-state index in [4.69, 9.17) is 9.26 Å². The zero-order chi connectivity index (χ0) is 22.1. The summed E-state index contributed by atoms with van der Waals surface area (Å²) in [5, 5.41) is 4.05. The molecule has 0 saturated carbocycles. The van der Waals surface area contributed by atoms with Gasteiger partial charge in [-0.3, -0.25) is 4.79 Å². The summed E-state index contributed by atoms with van der Waals surface area (Å²) in [6, 6.07) is 7.75. The van der Waals surface area contributed by atoms with Crippen molar-refractivity contribution >= 4 is 17.0 Å². The molecule has 0 bridgehead atoms. The summed E-state index contributed by atoms with van der Waals surface area (Å²) in [7, 11) is 0. The molecule has 0 fully saturated rings. The number of rotatable bonds is 5. The first-order valence-electron chi connectivity index (χ1n) is 9.46. The van der Waals surface area contributed by atoms with E-state index in [-0.39, 0.29) is 29.2 Å². The Kier molecular flexibility index (Phi) is 5.33. The van der Waals surface area contributed by atoms with E-state index in [0.717, 1.165) is 17.8 Å². The number of nitrogens with zero attached hydrogens (tertiary/aromatic N) is 3. The molecule has 0 amide bonds. The lowest BCUT2D eigenvalue weighted by molar-refractivity contribution is 0.0462. The number of aromatic nitrogens is 3. The van der Waals surface area contributed by atoms with E-state index in [1.807, 2.05) is 13.8 Å². The van der Waals surface area contributed by atoms with Crippen molar-refractivity contribution in [1.29, 1.82) is 0 Å². The summed E-state index contributed by atoms with van der Waals surface area (Å²) in [5.74, 6) is -2.29. The predicted octanol–water partition coefficient (Wildman–Crippen LogP) is 4.02. The molecule has 0 aliphatic carbocycles. The minimum Gasteiger partial charge on any atom is -0.455 e. The Morgan fingerprint density at radius 3 is 2.74 bits per heavy atom. The van der Waals surface area contributed by atoms with Crippen molar-refractivity contribution in [2.45, 2.75) is 27.0 Å². The SMILES string of the molecule is CCn1cc(C(=O)OCc2cc(-c3ccc(F)cc3F)on2)c(=O)c2ccc(C)nc21. The molecule has 0 aliphatic rings. The fourth-order valence-corrected chi connectivity index (χ4v) is 3.16. The van der Waals surface area contributed by atoms with Gasteiger partial charge in [-0.1, -0.05) is 5.16 Å². The van der Waals surface area contributed by atoms with Gasteiger partial charge < -0.3 is 13.8 Å². The van der Waals surface area contributed by atoms with Crippen LogP contribution in [0.3, 0.4) is 0 Å². The molecule has 158 valence electrons. The maximum Gasteiger partial charge on any atom is 0.344 e. The van der Waals surface area contributed by atoms with E-state index in [2.05, 4.69) is 10.1 Å². The highest BCUT2D eigenvalue weighted by atomic mass is 19.1. The number of esters is 1. The minimum absolute atomic E-state index is 0.0228. The van der Waals surface area contributed by atoms with Crippen molar-refractivity contribution in [3.8, 4) is 11.3 Å². The number of benzene rings is 1. The summed E-state index contributed by atoms with van der Waals surface area (Å²) < 4.78 is 38.9. The van der Waals surface area contributed by atoms with Crippen LogP contribution in [-0.4, -0.2) is 20.7 Å². The topological polar surface area (TPSA) is 87.2 Å². The average Bonchev–Trinajstić information content (AvgIpc) is 3.21. The highest BCUT2D eigenvalue weighted by Crippen LogP contribution is 2.24. The number of halogens is 2. The van der Waals surface area contributed by atoms with Gasteiger partial charge >= 0.3 is 5.97 Å². The van der Waals surface area contributed by atoms with Crippen LogP contribution >= 0.6 is 0 Å². The maximum absolute atomic E-state index is 13.9. The lowest BCUT2D eigenvalue weighted by Crippen LogP contribution is -2.21. The minimum atomic E-state index is -0.827. The molecule has 9 heteroatoms. The van der Waals surface area contributed by atoms with Crippen LogP contribution in [-0.2, 0) is 17.9 Å². The third kappa shape index (κ3) is 3.94. The second-order valence-electron chi connectivity index (χ2n) is 6.86. The second kappa shape index (κ2) is 8.10. The quantitative estimate of drug-likeness (QED) is 0.449. The largest absolute Gasteiger partial charge is 0.455 e. The summed E-state index contributed by atoms with van der Waals surface area (Å²) in [6.07, 6.45) is 1.42. The van der Waals surface area contributed by atoms with Crippen LogP contribution in [0.25, 0.3) is 22.4 Å².